The fourth-order valence-electron chi connectivity index (χ4n) is 4.00. The van der Waals surface area contributed by atoms with Gasteiger partial charge in [0.25, 0.3) is 5.92 Å². The minimum atomic E-state index is -2.82. The summed E-state index contributed by atoms with van der Waals surface area (Å²) in [6.45, 7) is -0.204. The zero-order valence-corrected chi connectivity index (χ0v) is 18.8. The average molecular weight is 490 g/mol. The summed E-state index contributed by atoms with van der Waals surface area (Å²) in [5.41, 5.74) is 6.46. The number of carbonyl (C=O) groups excluding carboxylic acids is 1. The number of hydrogen-bond donors (Lipinski definition) is 1. The summed E-state index contributed by atoms with van der Waals surface area (Å²) in [6.07, 6.45) is -0.647. The summed E-state index contributed by atoms with van der Waals surface area (Å²) in [5.74, 6) is -6.67. The van der Waals surface area contributed by atoms with Crippen LogP contribution >= 0.6 is 11.6 Å². The molecule has 0 spiro atoms. The summed E-state index contributed by atoms with van der Waals surface area (Å²) >= 11 is 6.31. The third kappa shape index (κ3) is 6.43. The van der Waals surface area contributed by atoms with E-state index in [2.05, 4.69) is 0 Å². The van der Waals surface area contributed by atoms with Crippen molar-refractivity contribution in [2.75, 3.05) is 26.7 Å². The highest BCUT2D eigenvalue weighted by Gasteiger charge is 2.42. The predicted octanol–water partition coefficient (Wildman–Crippen LogP) is 4.56. The molecule has 1 fully saturated rings. The fourth-order valence-corrected chi connectivity index (χ4v) is 4.26. The highest BCUT2D eigenvalue weighted by atomic mass is 35.5. The van der Waals surface area contributed by atoms with Crippen molar-refractivity contribution in [2.45, 2.75) is 37.3 Å². The largest absolute Gasteiger partial charge is 0.344 e. The molecule has 1 saturated heterocycles. The average Bonchev–Trinajstić information content (AvgIpc) is 3.10. The summed E-state index contributed by atoms with van der Waals surface area (Å²) in [7, 11) is 1.52. The van der Waals surface area contributed by atoms with Crippen LogP contribution in [0.15, 0.2) is 36.4 Å². The maximum atomic E-state index is 13.9. The Balaban J connectivity index is 1.69. The molecule has 180 valence electrons. The van der Waals surface area contributed by atoms with E-state index in [1.165, 1.54) is 11.9 Å². The van der Waals surface area contributed by atoms with Gasteiger partial charge < -0.3 is 10.6 Å². The number of alkyl halides is 2. The molecule has 4 nitrogen and oxygen atoms in total. The van der Waals surface area contributed by atoms with Crippen LogP contribution < -0.4 is 5.73 Å². The highest BCUT2D eigenvalue weighted by Crippen LogP contribution is 2.36. The van der Waals surface area contributed by atoms with Gasteiger partial charge in [0, 0.05) is 50.1 Å². The SMILES string of the molecule is CN(CC(c1ccccc1Cl)N1CCC(F)(F)C1)C(=O)CC(N)Cc1cc(F)c(F)cc1F. The minimum Gasteiger partial charge on any atom is -0.344 e. The summed E-state index contributed by atoms with van der Waals surface area (Å²) in [4.78, 5) is 15.7. The third-order valence-corrected chi connectivity index (χ3v) is 6.13. The van der Waals surface area contributed by atoms with Crippen LogP contribution in [0.4, 0.5) is 22.0 Å². The Kier molecular flexibility index (Phi) is 7.97. The molecule has 2 aromatic carbocycles. The zero-order valence-electron chi connectivity index (χ0n) is 18.0. The van der Waals surface area contributed by atoms with E-state index in [9.17, 15) is 26.7 Å². The van der Waals surface area contributed by atoms with Crippen LogP contribution in [0.2, 0.25) is 5.02 Å². The van der Waals surface area contributed by atoms with Gasteiger partial charge in [-0.05, 0) is 29.7 Å². The van der Waals surface area contributed by atoms with Crippen molar-refractivity contribution in [2.24, 2.45) is 5.73 Å². The van der Waals surface area contributed by atoms with Gasteiger partial charge in [-0.3, -0.25) is 9.69 Å². The molecule has 3 rings (SSSR count). The van der Waals surface area contributed by atoms with Crippen LogP contribution in [-0.2, 0) is 11.2 Å². The maximum Gasteiger partial charge on any atom is 0.261 e. The lowest BCUT2D eigenvalue weighted by atomic mass is 10.0. The number of rotatable bonds is 8. The van der Waals surface area contributed by atoms with Gasteiger partial charge in [-0.25, -0.2) is 22.0 Å². The first-order chi connectivity index (χ1) is 15.5. The minimum absolute atomic E-state index is 0.0882. The molecule has 2 unspecified atom stereocenters. The molecule has 0 aromatic heterocycles. The van der Waals surface area contributed by atoms with Gasteiger partial charge in [-0.15, -0.1) is 0 Å². The molecule has 33 heavy (non-hydrogen) atoms. The molecule has 2 aromatic rings. The van der Waals surface area contributed by atoms with E-state index in [0.29, 0.717) is 16.7 Å². The molecule has 1 heterocycles. The number of hydrogen-bond acceptors (Lipinski definition) is 3. The second-order valence-corrected chi connectivity index (χ2v) is 8.82. The van der Waals surface area contributed by atoms with Gasteiger partial charge in [0.2, 0.25) is 5.91 Å². The molecule has 1 amide bonds. The van der Waals surface area contributed by atoms with Crippen LogP contribution in [0, 0.1) is 17.5 Å². The molecule has 10 heteroatoms. The van der Waals surface area contributed by atoms with Crippen molar-refractivity contribution in [1.82, 2.24) is 9.80 Å². The number of benzene rings is 2. The van der Waals surface area contributed by atoms with Gasteiger partial charge in [0.05, 0.1) is 12.6 Å². The first kappa shape index (κ1) is 25.4. The highest BCUT2D eigenvalue weighted by molar-refractivity contribution is 6.31. The Labute approximate surface area is 194 Å². The Morgan fingerprint density at radius 2 is 1.85 bits per heavy atom. The van der Waals surface area contributed by atoms with Crippen molar-refractivity contribution in [1.29, 1.82) is 0 Å². The van der Waals surface area contributed by atoms with Gasteiger partial charge in [0.1, 0.15) is 5.82 Å². The predicted molar refractivity (Wildman–Crippen MR) is 116 cm³/mol. The third-order valence-electron chi connectivity index (χ3n) is 5.78. The lowest BCUT2D eigenvalue weighted by Gasteiger charge is -2.32. The van der Waals surface area contributed by atoms with Crippen LogP contribution in [0.25, 0.3) is 0 Å². The van der Waals surface area contributed by atoms with Crippen LogP contribution in [-0.4, -0.2) is 54.4 Å². The number of amides is 1. The number of carbonyl (C=O) groups is 1. The zero-order chi connectivity index (χ0) is 24.3. The molecule has 2 atom stereocenters. The lowest BCUT2D eigenvalue weighted by Crippen LogP contribution is -2.41. The van der Waals surface area contributed by atoms with Crippen molar-refractivity contribution < 1.29 is 26.7 Å². The number of likely N-dealkylation sites (N-methyl/N-ethyl adjacent to an activating group) is 1. The van der Waals surface area contributed by atoms with Crippen LogP contribution in [0.3, 0.4) is 0 Å². The second kappa shape index (κ2) is 10.4. The molecule has 1 aliphatic rings. The quantitative estimate of drug-likeness (QED) is 0.437. The summed E-state index contributed by atoms with van der Waals surface area (Å²) in [5, 5.41) is 0.407. The van der Waals surface area contributed by atoms with Crippen LogP contribution in [0.1, 0.15) is 30.0 Å². The summed E-state index contributed by atoms with van der Waals surface area (Å²) < 4.78 is 68.2. The van der Waals surface area contributed by atoms with Crippen molar-refractivity contribution in [3.63, 3.8) is 0 Å². The van der Waals surface area contributed by atoms with E-state index in [-0.39, 0.29) is 37.9 Å². The van der Waals surface area contributed by atoms with Gasteiger partial charge in [0.15, 0.2) is 11.6 Å². The molecule has 0 saturated carbocycles. The number of halogens is 6. The number of likely N-dealkylation sites (tertiary alicyclic amines) is 1. The summed E-state index contributed by atoms with van der Waals surface area (Å²) in [6, 6.07) is 6.62. The molecule has 0 radical (unpaired) electrons. The number of nitrogens with zero attached hydrogens (tertiary/aromatic N) is 2. The Bertz CT molecular complexity index is 1010. The van der Waals surface area contributed by atoms with E-state index in [0.717, 1.165) is 6.07 Å². The normalized spacial score (nSPS) is 17.7. The monoisotopic (exact) mass is 489 g/mol. The van der Waals surface area contributed by atoms with Crippen molar-refractivity contribution in [3.8, 4) is 0 Å². The first-order valence-electron chi connectivity index (χ1n) is 10.5. The first-order valence-corrected chi connectivity index (χ1v) is 10.8. The van der Waals surface area contributed by atoms with E-state index >= 15 is 0 Å². The Morgan fingerprint density at radius 1 is 1.18 bits per heavy atom. The Morgan fingerprint density at radius 3 is 2.48 bits per heavy atom. The molecule has 0 bridgehead atoms. The smallest absolute Gasteiger partial charge is 0.261 e. The Hall–Kier alpha value is -2.23. The maximum absolute atomic E-state index is 13.9. The van der Waals surface area contributed by atoms with E-state index < -0.39 is 47.9 Å². The second-order valence-electron chi connectivity index (χ2n) is 8.41. The molecule has 1 aliphatic heterocycles. The van der Waals surface area contributed by atoms with E-state index in [4.69, 9.17) is 17.3 Å². The van der Waals surface area contributed by atoms with E-state index in [1.807, 2.05) is 0 Å². The molecule has 2 N–H and O–H groups in total. The van der Waals surface area contributed by atoms with Gasteiger partial charge in [-0.2, -0.15) is 0 Å². The molecule has 0 aliphatic carbocycles. The molecular formula is C23H25ClF5N3O. The van der Waals surface area contributed by atoms with Crippen LogP contribution in [0.5, 0.6) is 0 Å². The lowest BCUT2D eigenvalue weighted by molar-refractivity contribution is -0.131. The topological polar surface area (TPSA) is 49.6 Å². The van der Waals surface area contributed by atoms with Crippen molar-refractivity contribution >= 4 is 17.5 Å². The molecular weight excluding hydrogens is 465 g/mol. The van der Waals surface area contributed by atoms with E-state index in [1.54, 1.807) is 29.2 Å². The fraction of sp³-hybridized carbons (Fsp3) is 0.435. The standard InChI is InChI=1S/C23H25ClF5N3O/c1-31(22(33)10-15(30)8-14-9-19(26)20(27)11-18(14)25)12-21(16-4-2-3-5-17(16)24)32-7-6-23(28,29)13-32/h2-5,9,11,15,21H,6-8,10,12-13,30H2,1H3. The van der Waals surface area contributed by atoms with Crippen molar-refractivity contribution in [3.05, 3.63) is 70.0 Å². The van der Waals surface area contributed by atoms with Gasteiger partial charge in [-0.1, -0.05) is 29.8 Å². The number of nitrogens with two attached hydrogens (primary N) is 1. The van der Waals surface area contributed by atoms with Gasteiger partial charge >= 0.3 is 0 Å².